The monoisotopic (exact) mass is 202 g/mol. The molecule has 1 N–H and O–H groups in total. The minimum absolute atomic E-state index is 0.495. The highest BCUT2D eigenvalue weighted by atomic mass is 16.3. The molecule has 0 saturated heterocycles. The molecule has 0 aliphatic rings. The van der Waals surface area contributed by atoms with Crippen LogP contribution >= 0.6 is 0 Å². The zero-order valence-corrected chi connectivity index (χ0v) is 8.67. The van der Waals surface area contributed by atoms with Gasteiger partial charge in [0.2, 0.25) is 0 Å². The van der Waals surface area contributed by atoms with Crippen molar-refractivity contribution in [3.05, 3.63) is 53.9 Å². The smallest absolute Gasteiger partial charge is 0.0985 e. The first-order chi connectivity index (χ1) is 7.25. The third kappa shape index (κ3) is 2.44. The molecule has 0 fully saturated rings. The van der Waals surface area contributed by atoms with Crippen LogP contribution < -0.4 is 0 Å². The Morgan fingerprint density at radius 2 is 2.07 bits per heavy atom. The van der Waals surface area contributed by atoms with Crippen molar-refractivity contribution in [3.63, 3.8) is 0 Å². The molecule has 0 unspecified atom stereocenters. The molecule has 1 heterocycles. The Labute approximate surface area is 89.0 Å². The number of benzene rings is 1. The van der Waals surface area contributed by atoms with Crippen molar-refractivity contribution in [3.8, 4) is 0 Å². The van der Waals surface area contributed by atoms with Crippen LogP contribution in [0.4, 0.5) is 0 Å². The van der Waals surface area contributed by atoms with Crippen LogP contribution in [0, 0.1) is 6.92 Å². The van der Waals surface area contributed by atoms with Crippen molar-refractivity contribution in [1.29, 1.82) is 0 Å². The summed E-state index contributed by atoms with van der Waals surface area (Å²) in [6.45, 7) is 2.53. The van der Waals surface area contributed by atoms with Crippen LogP contribution in [-0.4, -0.2) is 14.9 Å². The van der Waals surface area contributed by atoms with Gasteiger partial charge in [-0.1, -0.05) is 29.8 Å². The fourth-order valence-electron chi connectivity index (χ4n) is 1.48. The molecule has 3 heteroatoms. The second-order valence-corrected chi connectivity index (χ2v) is 3.65. The maximum atomic E-state index is 9.92. The van der Waals surface area contributed by atoms with E-state index in [-0.39, 0.29) is 0 Å². The molecule has 1 aromatic heterocycles. The van der Waals surface area contributed by atoms with Gasteiger partial charge in [-0.05, 0) is 18.6 Å². The summed E-state index contributed by atoms with van der Waals surface area (Å²) in [6, 6.07) is 9.75. The maximum Gasteiger partial charge on any atom is 0.0985 e. The van der Waals surface area contributed by atoms with Crippen molar-refractivity contribution >= 4 is 0 Å². The number of aliphatic hydroxyl groups is 1. The molecule has 78 valence electrons. The van der Waals surface area contributed by atoms with Gasteiger partial charge in [-0.15, -0.1) is 0 Å². The zero-order valence-electron chi connectivity index (χ0n) is 8.67. The van der Waals surface area contributed by atoms with Crippen LogP contribution in [0.3, 0.4) is 0 Å². The van der Waals surface area contributed by atoms with Crippen LogP contribution in [-0.2, 0) is 6.54 Å². The Morgan fingerprint density at radius 3 is 2.67 bits per heavy atom. The Kier molecular flexibility index (Phi) is 2.83. The number of aryl methyl sites for hydroxylation is 1. The number of aliphatic hydroxyl groups excluding tert-OH is 1. The van der Waals surface area contributed by atoms with E-state index in [1.807, 2.05) is 43.5 Å². The summed E-state index contributed by atoms with van der Waals surface area (Å²) < 4.78 is 1.73. The predicted molar refractivity (Wildman–Crippen MR) is 58.4 cm³/mol. The van der Waals surface area contributed by atoms with Gasteiger partial charge < -0.3 is 5.11 Å². The topological polar surface area (TPSA) is 38.0 Å². The van der Waals surface area contributed by atoms with Gasteiger partial charge in [0, 0.05) is 12.4 Å². The number of hydrogen-bond donors (Lipinski definition) is 1. The molecule has 15 heavy (non-hydrogen) atoms. The lowest BCUT2D eigenvalue weighted by Crippen LogP contribution is -2.08. The standard InChI is InChI=1S/C12H14N2O/c1-10-3-5-11(6-4-10)12(15)9-14-8-2-7-13-14/h2-8,12,15H,9H2,1H3/t12-/m1/s1. The van der Waals surface area contributed by atoms with Gasteiger partial charge in [-0.25, -0.2) is 0 Å². The first-order valence-electron chi connectivity index (χ1n) is 4.98. The lowest BCUT2D eigenvalue weighted by atomic mass is 10.1. The predicted octanol–water partition coefficient (Wildman–Crippen LogP) is 1.93. The van der Waals surface area contributed by atoms with E-state index in [0.717, 1.165) is 5.56 Å². The SMILES string of the molecule is Cc1ccc([C@H](O)Cn2cccn2)cc1. The molecule has 0 spiro atoms. The second-order valence-electron chi connectivity index (χ2n) is 3.65. The molecule has 3 nitrogen and oxygen atoms in total. The van der Waals surface area contributed by atoms with E-state index in [9.17, 15) is 5.11 Å². The summed E-state index contributed by atoms with van der Waals surface area (Å²) in [5, 5.41) is 14.0. The fourth-order valence-corrected chi connectivity index (χ4v) is 1.48. The summed E-state index contributed by atoms with van der Waals surface area (Å²) in [7, 11) is 0. The molecule has 0 radical (unpaired) electrons. The summed E-state index contributed by atoms with van der Waals surface area (Å²) in [5.74, 6) is 0. The average Bonchev–Trinajstić information content (AvgIpc) is 2.71. The normalized spacial score (nSPS) is 12.7. The van der Waals surface area contributed by atoms with Gasteiger partial charge in [0.05, 0.1) is 12.6 Å². The lowest BCUT2D eigenvalue weighted by Gasteiger charge is -2.11. The molecule has 1 aromatic carbocycles. The van der Waals surface area contributed by atoms with Crippen LogP contribution in [0.15, 0.2) is 42.7 Å². The first-order valence-corrected chi connectivity index (χ1v) is 4.98. The largest absolute Gasteiger partial charge is 0.386 e. The van der Waals surface area contributed by atoms with Crippen LogP contribution in [0.1, 0.15) is 17.2 Å². The van der Waals surface area contributed by atoms with Crippen LogP contribution in [0.25, 0.3) is 0 Å². The molecule has 2 aromatic rings. The van der Waals surface area contributed by atoms with Crippen LogP contribution in [0.5, 0.6) is 0 Å². The Balaban J connectivity index is 2.08. The van der Waals surface area contributed by atoms with E-state index in [1.165, 1.54) is 5.56 Å². The summed E-state index contributed by atoms with van der Waals surface area (Å²) in [5.41, 5.74) is 2.13. The quantitative estimate of drug-likeness (QED) is 0.825. The van der Waals surface area contributed by atoms with Gasteiger partial charge >= 0.3 is 0 Å². The van der Waals surface area contributed by atoms with Gasteiger partial charge in [-0.3, -0.25) is 4.68 Å². The molecule has 1 atom stereocenters. The molecular weight excluding hydrogens is 188 g/mol. The van der Waals surface area contributed by atoms with E-state index in [2.05, 4.69) is 5.10 Å². The van der Waals surface area contributed by atoms with Gasteiger partial charge in [0.15, 0.2) is 0 Å². The Bertz CT molecular complexity index is 406. The molecule has 0 saturated carbocycles. The van der Waals surface area contributed by atoms with Crippen molar-refractivity contribution in [2.45, 2.75) is 19.6 Å². The highest BCUT2D eigenvalue weighted by Crippen LogP contribution is 2.15. The molecule has 2 rings (SSSR count). The van der Waals surface area contributed by atoms with Gasteiger partial charge in [0.1, 0.15) is 0 Å². The first kappa shape index (κ1) is 9.93. The van der Waals surface area contributed by atoms with Gasteiger partial charge in [0.25, 0.3) is 0 Å². The van der Waals surface area contributed by atoms with Gasteiger partial charge in [-0.2, -0.15) is 5.10 Å². The van der Waals surface area contributed by atoms with Crippen molar-refractivity contribution < 1.29 is 5.11 Å². The minimum Gasteiger partial charge on any atom is -0.386 e. The molecule has 0 amide bonds. The summed E-state index contributed by atoms with van der Waals surface area (Å²) in [4.78, 5) is 0. The maximum absolute atomic E-state index is 9.92. The van der Waals surface area contributed by atoms with E-state index < -0.39 is 6.10 Å². The Hall–Kier alpha value is -1.61. The zero-order chi connectivity index (χ0) is 10.7. The van der Waals surface area contributed by atoms with E-state index in [4.69, 9.17) is 0 Å². The van der Waals surface area contributed by atoms with Crippen molar-refractivity contribution in [2.24, 2.45) is 0 Å². The highest BCUT2D eigenvalue weighted by Gasteiger charge is 2.07. The molecule has 0 aliphatic heterocycles. The molecule has 0 aliphatic carbocycles. The highest BCUT2D eigenvalue weighted by molar-refractivity contribution is 5.22. The second kappa shape index (κ2) is 4.28. The van der Waals surface area contributed by atoms with E-state index in [1.54, 1.807) is 10.9 Å². The number of hydrogen-bond acceptors (Lipinski definition) is 2. The van der Waals surface area contributed by atoms with E-state index >= 15 is 0 Å². The molecular formula is C12H14N2O. The summed E-state index contributed by atoms with van der Waals surface area (Å²) >= 11 is 0. The van der Waals surface area contributed by atoms with Crippen molar-refractivity contribution in [2.75, 3.05) is 0 Å². The molecule has 0 bridgehead atoms. The average molecular weight is 202 g/mol. The van der Waals surface area contributed by atoms with Crippen molar-refractivity contribution in [1.82, 2.24) is 9.78 Å². The summed E-state index contributed by atoms with van der Waals surface area (Å²) in [6.07, 6.45) is 3.06. The number of rotatable bonds is 3. The lowest BCUT2D eigenvalue weighted by molar-refractivity contribution is 0.151. The Morgan fingerprint density at radius 1 is 1.33 bits per heavy atom. The fraction of sp³-hybridized carbons (Fsp3) is 0.250. The van der Waals surface area contributed by atoms with E-state index in [0.29, 0.717) is 6.54 Å². The number of aromatic nitrogens is 2. The third-order valence-electron chi connectivity index (χ3n) is 2.38. The third-order valence-corrected chi connectivity index (χ3v) is 2.38. The minimum atomic E-state index is -0.495. The number of nitrogens with zero attached hydrogens (tertiary/aromatic N) is 2. The van der Waals surface area contributed by atoms with Crippen LogP contribution in [0.2, 0.25) is 0 Å².